The summed E-state index contributed by atoms with van der Waals surface area (Å²) in [6.07, 6.45) is 0. The molecule has 0 spiro atoms. The van der Waals surface area contributed by atoms with Crippen molar-refractivity contribution in [3.63, 3.8) is 0 Å². The van der Waals surface area contributed by atoms with Crippen molar-refractivity contribution in [2.75, 3.05) is 32.1 Å². The van der Waals surface area contributed by atoms with E-state index in [4.69, 9.17) is 15.0 Å². The molecule has 8 nitrogen and oxygen atoms in total. The largest absolute Gasteiger partial charge is 0.379 e. The summed E-state index contributed by atoms with van der Waals surface area (Å²) in [5, 5.41) is 6.20. The van der Waals surface area contributed by atoms with Crippen molar-refractivity contribution in [1.29, 1.82) is 0 Å². The maximum absolute atomic E-state index is 12.1. The first-order chi connectivity index (χ1) is 9.47. The van der Waals surface area contributed by atoms with Crippen LogP contribution in [-0.2, 0) is 14.3 Å². The maximum atomic E-state index is 12.1. The van der Waals surface area contributed by atoms with Crippen LogP contribution < -0.4 is 11.1 Å². The summed E-state index contributed by atoms with van der Waals surface area (Å²) in [5.74, 6) is -0.00160. The van der Waals surface area contributed by atoms with Gasteiger partial charge in [-0.1, -0.05) is 5.16 Å². The average molecular weight is 282 g/mol. The van der Waals surface area contributed by atoms with Crippen LogP contribution in [-0.4, -0.2) is 54.7 Å². The van der Waals surface area contributed by atoms with Gasteiger partial charge < -0.3 is 25.2 Å². The Balaban J connectivity index is 1.85. The molecule has 1 fully saturated rings. The van der Waals surface area contributed by atoms with Crippen molar-refractivity contribution in [2.45, 2.75) is 13.0 Å². The van der Waals surface area contributed by atoms with Crippen molar-refractivity contribution >= 4 is 17.6 Å². The maximum Gasteiger partial charge on any atom is 0.245 e. The SMILES string of the molecule is Cc1cc(NC(=O)CN(C)C(=O)C2COCC2N)no1. The first-order valence-corrected chi connectivity index (χ1v) is 6.29. The molecule has 20 heavy (non-hydrogen) atoms. The molecule has 1 aliphatic heterocycles. The standard InChI is InChI=1S/C12H18N4O4/c1-7-3-10(15-20-7)14-11(17)4-16(2)12(18)8-5-19-6-9(8)13/h3,8-9H,4-6,13H2,1-2H3,(H,14,15,17). The molecule has 3 N–H and O–H groups in total. The lowest BCUT2D eigenvalue weighted by Crippen LogP contribution is -2.44. The first kappa shape index (κ1) is 14.5. The number of ether oxygens (including phenoxy) is 1. The second-order valence-electron chi connectivity index (χ2n) is 4.87. The third kappa shape index (κ3) is 3.34. The van der Waals surface area contributed by atoms with E-state index in [1.54, 1.807) is 20.0 Å². The molecule has 1 aromatic heterocycles. The summed E-state index contributed by atoms with van der Waals surface area (Å²) in [4.78, 5) is 25.2. The van der Waals surface area contributed by atoms with Crippen LogP contribution >= 0.6 is 0 Å². The Labute approximate surface area is 116 Å². The Hall–Kier alpha value is -1.93. The van der Waals surface area contributed by atoms with Gasteiger partial charge in [0.2, 0.25) is 11.8 Å². The van der Waals surface area contributed by atoms with Crippen molar-refractivity contribution in [3.8, 4) is 0 Å². The van der Waals surface area contributed by atoms with Gasteiger partial charge in [0.1, 0.15) is 5.76 Å². The normalized spacial score (nSPS) is 21.8. The fourth-order valence-electron chi connectivity index (χ4n) is 2.01. The number of aryl methyl sites for hydroxylation is 1. The van der Waals surface area contributed by atoms with Gasteiger partial charge in [-0.25, -0.2) is 0 Å². The van der Waals surface area contributed by atoms with E-state index < -0.39 is 0 Å². The van der Waals surface area contributed by atoms with Gasteiger partial charge in [0, 0.05) is 19.2 Å². The number of rotatable bonds is 4. The molecule has 0 aliphatic carbocycles. The second-order valence-corrected chi connectivity index (χ2v) is 4.87. The predicted molar refractivity (Wildman–Crippen MR) is 69.8 cm³/mol. The van der Waals surface area contributed by atoms with Crippen LogP contribution in [0.5, 0.6) is 0 Å². The predicted octanol–water partition coefficient (Wildman–Crippen LogP) is -0.646. The average Bonchev–Trinajstić information content (AvgIpc) is 2.97. The van der Waals surface area contributed by atoms with Crippen LogP contribution in [0.25, 0.3) is 0 Å². The van der Waals surface area contributed by atoms with E-state index in [9.17, 15) is 9.59 Å². The smallest absolute Gasteiger partial charge is 0.245 e. The molecule has 0 aromatic carbocycles. The van der Waals surface area contributed by atoms with E-state index in [2.05, 4.69) is 10.5 Å². The highest BCUT2D eigenvalue weighted by molar-refractivity contribution is 5.94. The van der Waals surface area contributed by atoms with Crippen molar-refractivity contribution in [1.82, 2.24) is 10.1 Å². The fraction of sp³-hybridized carbons (Fsp3) is 0.583. The van der Waals surface area contributed by atoms with Gasteiger partial charge in [-0.3, -0.25) is 9.59 Å². The van der Waals surface area contributed by atoms with Crippen LogP contribution in [0.4, 0.5) is 5.82 Å². The minimum Gasteiger partial charge on any atom is -0.379 e. The molecular formula is C12H18N4O4. The summed E-state index contributed by atoms with van der Waals surface area (Å²) in [6, 6.07) is 1.28. The molecule has 0 saturated carbocycles. The zero-order valence-electron chi connectivity index (χ0n) is 11.5. The van der Waals surface area contributed by atoms with E-state index in [1.807, 2.05) is 0 Å². The van der Waals surface area contributed by atoms with Gasteiger partial charge in [-0.15, -0.1) is 0 Å². The van der Waals surface area contributed by atoms with Gasteiger partial charge in [0.15, 0.2) is 5.82 Å². The molecule has 2 unspecified atom stereocenters. The third-order valence-electron chi connectivity index (χ3n) is 3.09. The summed E-state index contributed by atoms with van der Waals surface area (Å²) >= 11 is 0. The minimum absolute atomic E-state index is 0.0754. The Morgan fingerprint density at radius 1 is 1.55 bits per heavy atom. The summed E-state index contributed by atoms with van der Waals surface area (Å²) < 4.78 is 9.98. The molecule has 2 atom stereocenters. The summed E-state index contributed by atoms with van der Waals surface area (Å²) in [7, 11) is 1.56. The van der Waals surface area contributed by atoms with E-state index in [0.717, 1.165) is 0 Å². The molecule has 2 rings (SSSR count). The number of nitrogens with one attached hydrogen (secondary N) is 1. The van der Waals surface area contributed by atoms with E-state index in [1.165, 1.54) is 4.90 Å². The third-order valence-corrected chi connectivity index (χ3v) is 3.09. The topological polar surface area (TPSA) is 111 Å². The van der Waals surface area contributed by atoms with Gasteiger partial charge in [-0.2, -0.15) is 0 Å². The Morgan fingerprint density at radius 2 is 2.30 bits per heavy atom. The molecule has 1 aromatic rings. The zero-order valence-corrected chi connectivity index (χ0v) is 11.5. The Bertz CT molecular complexity index is 501. The molecule has 0 bridgehead atoms. The lowest BCUT2D eigenvalue weighted by molar-refractivity contribution is -0.137. The van der Waals surface area contributed by atoms with Gasteiger partial charge in [-0.05, 0) is 6.92 Å². The molecule has 2 heterocycles. The summed E-state index contributed by atoms with van der Waals surface area (Å²) in [6.45, 7) is 2.32. The number of hydrogen-bond donors (Lipinski definition) is 2. The molecule has 1 saturated heterocycles. The van der Waals surface area contributed by atoms with Crippen molar-refractivity contribution in [2.24, 2.45) is 11.7 Å². The Morgan fingerprint density at radius 3 is 2.85 bits per heavy atom. The van der Waals surface area contributed by atoms with Gasteiger partial charge in [0.25, 0.3) is 0 Å². The van der Waals surface area contributed by atoms with Crippen LogP contribution in [0.15, 0.2) is 10.6 Å². The quantitative estimate of drug-likeness (QED) is 0.759. The number of carbonyl (C=O) groups excluding carboxylic acids is 2. The van der Waals surface area contributed by atoms with Crippen molar-refractivity contribution < 1.29 is 18.8 Å². The highest BCUT2D eigenvalue weighted by Gasteiger charge is 2.33. The van der Waals surface area contributed by atoms with E-state index in [-0.39, 0.29) is 30.3 Å². The fourth-order valence-corrected chi connectivity index (χ4v) is 2.01. The number of aromatic nitrogens is 1. The van der Waals surface area contributed by atoms with Crippen molar-refractivity contribution in [3.05, 3.63) is 11.8 Å². The van der Waals surface area contributed by atoms with E-state index >= 15 is 0 Å². The molecule has 2 amide bonds. The zero-order chi connectivity index (χ0) is 14.7. The Kier molecular flexibility index (Phi) is 4.35. The van der Waals surface area contributed by atoms with Crippen LogP contribution in [0.1, 0.15) is 5.76 Å². The highest BCUT2D eigenvalue weighted by Crippen LogP contribution is 2.14. The number of carbonyl (C=O) groups is 2. The number of anilines is 1. The van der Waals surface area contributed by atoms with Crippen LogP contribution in [0.2, 0.25) is 0 Å². The number of likely N-dealkylation sites (N-methyl/N-ethyl adjacent to an activating group) is 1. The lowest BCUT2D eigenvalue weighted by atomic mass is 10.0. The monoisotopic (exact) mass is 282 g/mol. The first-order valence-electron chi connectivity index (χ1n) is 6.29. The summed E-state index contributed by atoms with van der Waals surface area (Å²) in [5.41, 5.74) is 5.78. The number of hydrogen-bond acceptors (Lipinski definition) is 6. The van der Waals surface area contributed by atoms with Crippen LogP contribution in [0, 0.1) is 12.8 Å². The van der Waals surface area contributed by atoms with Crippen LogP contribution in [0.3, 0.4) is 0 Å². The molecule has 110 valence electrons. The minimum atomic E-state index is -0.387. The number of amides is 2. The lowest BCUT2D eigenvalue weighted by Gasteiger charge is -2.21. The number of nitrogens with two attached hydrogens (primary N) is 1. The molecule has 8 heteroatoms. The second kappa shape index (κ2) is 6.02. The van der Waals surface area contributed by atoms with Gasteiger partial charge in [0.05, 0.1) is 25.7 Å². The van der Waals surface area contributed by atoms with Gasteiger partial charge >= 0.3 is 0 Å². The molecular weight excluding hydrogens is 264 g/mol. The van der Waals surface area contributed by atoms with E-state index in [0.29, 0.717) is 24.8 Å². The molecule has 0 radical (unpaired) electrons. The number of nitrogens with zero attached hydrogens (tertiary/aromatic N) is 2. The molecule has 1 aliphatic rings. The highest BCUT2D eigenvalue weighted by atomic mass is 16.5.